The Morgan fingerprint density at radius 3 is 2.59 bits per heavy atom. The summed E-state index contributed by atoms with van der Waals surface area (Å²) in [6, 6.07) is 12.8. The fourth-order valence-electron chi connectivity index (χ4n) is 4.77. The Kier molecular flexibility index (Phi) is 6.08. The van der Waals surface area contributed by atoms with Gasteiger partial charge < -0.3 is 9.88 Å². The van der Waals surface area contributed by atoms with Crippen LogP contribution in [-0.2, 0) is 6.54 Å². The number of pyridine rings is 2. The molecule has 9 heteroatoms. The van der Waals surface area contributed by atoms with Gasteiger partial charge in [-0.1, -0.05) is 12.1 Å². The molecule has 0 saturated carbocycles. The van der Waals surface area contributed by atoms with E-state index in [0.29, 0.717) is 13.2 Å². The summed E-state index contributed by atoms with van der Waals surface area (Å²) in [6.45, 7) is 11.5. The summed E-state index contributed by atoms with van der Waals surface area (Å²) in [6.07, 6.45) is 9.49. The second-order valence-corrected chi connectivity index (χ2v) is 9.19. The zero-order valence-electron chi connectivity index (χ0n) is 20.2. The van der Waals surface area contributed by atoms with E-state index in [4.69, 9.17) is 11.6 Å². The fraction of sp³-hybridized carbons (Fsp3) is 0.214. The highest BCUT2D eigenvalue weighted by Crippen LogP contribution is 2.31. The largest absolute Gasteiger partial charge is 0.354 e. The van der Waals surface area contributed by atoms with Gasteiger partial charge in [0.15, 0.2) is 0 Å². The number of aromatic nitrogens is 5. The van der Waals surface area contributed by atoms with Crippen LogP contribution in [0.25, 0.3) is 38.1 Å². The van der Waals surface area contributed by atoms with E-state index in [2.05, 4.69) is 47.9 Å². The van der Waals surface area contributed by atoms with Crippen LogP contribution in [-0.4, -0.2) is 62.5 Å². The molecule has 6 rings (SSSR count). The molecule has 1 N–H and O–H groups in total. The van der Waals surface area contributed by atoms with Gasteiger partial charge in [-0.2, -0.15) is 5.10 Å². The highest BCUT2D eigenvalue weighted by Gasteiger charge is 2.19. The van der Waals surface area contributed by atoms with E-state index in [0.717, 1.165) is 70.8 Å². The monoisotopic (exact) mass is 492 g/mol. The molecule has 37 heavy (non-hydrogen) atoms. The first-order valence-electron chi connectivity index (χ1n) is 12.2. The molecule has 5 aromatic rings. The Morgan fingerprint density at radius 2 is 1.81 bits per heavy atom. The molecule has 0 atom stereocenters. The van der Waals surface area contributed by atoms with Crippen molar-refractivity contribution in [2.24, 2.45) is 0 Å². The van der Waals surface area contributed by atoms with E-state index in [9.17, 15) is 4.39 Å². The second kappa shape index (κ2) is 9.84. The van der Waals surface area contributed by atoms with Crippen molar-refractivity contribution in [3.63, 3.8) is 0 Å². The number of piperazine rings is 1. The van der Waals surface area contributed by atoms with Gasteiger partial charge >= 0.3 is 0 Å². The zero-order valence-corrected chi connectivity index (χ0v) is 20.2. The number of nitrogens with zero attached hydrogens (tertiary/aromatic N) is 7. The van der Waals surface area contributed by atoms with Crippen LogP contribution in [0.4, 0.5) is 10.2 Å². The number of H-pyrrole nitrogens is 1. The SMILES string of the molecule is [C-]#[N+]CN1CCN(c2ccc(-c3cnc4[nH]cc(-c5cnn(Cc6cccc(F)c6)c5)c4c3)cn2)CC1. The summed E-state index contributed by atoms with van der Waals surface area (Å²) in [5, 5.41) is 5.48. The first-order chi connectivity index (χ1) is 18.2. The molecule has 0 aliphatic carbocycles. The van der Waals surface area contributed by atoms with E-state index in [1.54, 1.807) is 6.07 Å². The number of fused-ring (bicyclic) bond motifs is 1. The maximum atomic E-state index is 13.5. The molecular weight excluding hydrogens is 467 g/mol. The predicted molar refractivity (Wildman–Crippen MR) is 141 cm³/mol. The van der Waals surface area contributed by atoms with Crippen molar-refractivity contribution in [2.75, 3.05) is 37.7 Å². The Labute approximate surface area is 213 Å². The average Bonchev–Trinajstić information content (AvgIpc) is 3.56. The third kappa shape index (κ3) is 4.79. The Balaban J connectivity index is 1.21. The van der Waals surface area contributed by atoms with Crippen LogP contribution in [0.15, 0.2) is 73.4 Å². The molecule has 1 aliphatic heterocycles. The smallest absolute Gasteiger partial charge is 0.270 e. The number of benzene rings is 1. The van der Waals surface area contributed by atoms with Crippen LogP contribution >= 0.6 is 0 Å². The lowest BCUT2D eigenvalue weighted by Gasteiger charge is -2.32. The van der Waals surface area contributed by atoms with Crippen LogP contribution in [0.2, 0.25) is 0 Å². The summed E-state index contributed by atoms with van der Waals surface area (Å²) in [5.74, 6) is 0.704. The lowest BCUT2D eigenvalue weighted by molar-refractivity contribution is 0.282. The molecule has 0 spiro atoms. The molecular formula is C28H25FN8. The Morgan fingerprint density at radius 1 is 0.946 bits per heavy atom. The normalized spacial score (nSPS) is 14.2. The number of aromatic amines is 1. The lowest BCUT2D eigenvalue weighted by Crippen LogP contribution is -2.46. The van der Waals surface area contributed by atoms with Gasteiger partial charge in [-0.3, -0.25) is 9.53 Å². The van der Waals surface area contributed by atoms with Crippen molar-refractivity contribution in [3.8, 4) is 22.3 Å². The molecule has 1 fully saturated rings. The molecule has 1 aromatic carbocycles. The number of hydrogen-bond donors (Lipinski definition) is 1. The minimum atomic E-state index is -0.248. The van der Waals surface area contributed by atoms with E-state index in [1.165, 1.54) is 12.1 Å². The topological polar surface area (TPSA) is 70.2 Å². The van der Waals surface area contributed by atoms with Crippen LogP contribution in [0, 0.1) is 12.4 Å². The van der Waals surface area contributed by atoms with Crippen molar-refractivity contribution >= 4 is 16.9 Å². The molecule has 0 bridgehead atoms. The van der Waals surface area contributed by atoms with Gasteiger partial charge in [-0.05, 0) is 35.9 Å². The minimum Gasteiger partial charge on any atom is -0.354 e. The Hall–Kier alpha value is -4.55. The minimum absolute atomic E-state index is 0.248. The van der Waals surface area contributed by atoms with Gasteiger partial charge in [0.1, 0.15) is 17.3 Å². The van der Waals surface area contributed by atoms with Crippen LogP contribution in [0.3, 0.4) is 0 Å². The van der Waals surface area contributed by atoms with E-state index < -0.39 is 0 Å². The molecule has 0 radical (unpaired) electrons. The second-order valence-electron chi connectivity index (χ2n) is 9.19. The van der Waals surface area contributed by atoms with Gasteiger partial charge in [0.2, 0.25) is 0 Å². The van der Waals surface area contributed by atoms with Gasteiger partial charge in [-0.15, -0.1) is 0 Å². The van der Waals surface area contributed by atoms with Crippen molar-refractivity contribution in [1.29, 1.82) is 0 Å². The Bertz CT molecular complexity index is 1570. The zero-order chi connectivity index (χ0) is 25.2. The summed E-state index contributed by atoms with van der Waals surface area (Å²) >= 11 is 0. The average molecular weight is 493 g/mol. The highest BCUT2D eigenvalue weighted by atomic mass is 19.1. The van der Waals surface area contributed by atoms with Crippen molar-refractivity contribution < 1.29 is 4.39 Å². The first kappa shape index (κ1) is 22.9. The lowest BCUT2D eigenvalue weighted by atomic mass is 10.1. The van der Waals surface area contributed by atoms with Crippen molar-refractivity contribution in [2.45, 2.75) is 6.54 Å². The fourth-order valence-corrected chi connectivity index (χ4v) is 4.77. The maximum absolute atomic E-state index is 13.5. The number of nitrogens with one attached hydrogen (secondary N) is 1. The summed E-state index contributed by atoms with van der Waals surface area (Å²) in [7, 11) is 0. The summed E-state index contributed by atoms with van der Waals surface area (Å²) < 4.78 is 15.4. The molecule has 1 aliphatic rings. The van der Waals surface area contributed by atoms with Crippen molar-refractivity contribution in [1.82, 2.24) is 29.6 Å². The van der Waals surface area contributed by atoms with E-state index in [1.807, 2.05) is 41.7 Å². The van der Waals surface area contributed by atoms with E-state index in [-0.39, 0.29) is 5.82 Å². The summed E-state index contributed by atoms with van der Waals surface area (Å²) in [4.78, 5) is 20.5. The molecule has 0 amide bonds. The highest BCUT2D eigenvalue weighted by molar-refractivity contribution is 5.95. The molecule has 5 heterocycles. The third-order valence-corrected chi connectivity index (χ3v) is 6.76. The van der Waals surface area contributed by atoms with Gasteiger partial charge in [0.25, 0.3) is 6.67 Å². The van der Waals surface area contributed by atoms with Crippen LogP contribution in [0.5, 0.6) is 0 Å². The maximum Gasteiger partial charge on any atom is 0.270 e. The third-order valence-electron chi connectivity index (χ3n) is 6.76. The van der Waals surface area contributed by atoms with Gasteiger partial charge in [0.05, 0.1) is 12.7 Å². The summed E-state index contributed by atoms with van der Waals surface area (Å²) in [5.41, 5.74) is 5.63. The molecule has 0 unspecified atom stereocenters. The predicted octanol–water partition coefficient (Wildman–Crippen LogP) is 4.67. The van der Waals surface area contributed by atoms with E-state index >= 15 is 0 Å². The number of anilines is 1. The standard InChI is InChI=1S/C28H25FN8/c1-30-19-35-7-9-36(10-8-35)27-6-5-21(13-31-27)22-12-25-26(16-33-28(25)32-14-22)23-15-34-37(18-23)17-20-3-2-4-24(29)11-20/h2-6,11-16,18H,7-10,17,19H2,(H,32,33). The van der Waals surface area contributed by atoms with Crippen LogP contribution in [0.1, 0.15) is 5.56 Å². The molecule has 184 valence electrons. The molecule has 1 saturated heterocycles. The quantitative estimate of drug-likeness (QED) is 0.349. The first-order valence-corrected chi connectivity index (χ1v) is 12.2. The molecule has 4 aromatic heterocycles. The van der Waals surface area contributed by atoms with Gasteiger partial charge in [-0.25, -0.2) is 25.8 Å². The van der Waals surface area contributed by atoms with Gasteiger partial charge in [0, 0.05) is 78.6 Å². The number of rotatable bonds is 6. The van der Waals surface area contributed by atoms with Crippen molar-refractivity contribution in [3.05, 3.63) is 96.2 Å². The van der Waals surface area contributed by atoms with Crippen LogP contribution < -0.4 is 4.90 Å². The number of hydrogen-bond acceptors (Lipinski definition) is 5. The molecule has 8 nitrogen and oxygen atoms in total. The number of halogens is 1.